The number of ketones is 2. The average Bonchev–Trinajstić information content (AvgIpc) is 3.35. The maximum Gasteiger partial charge on any atom is 0.536 e. The largest absolute Gasteiger partial charge is 0.536 e. The summed E-state index contributed by atoms with van der Waals surface area (Å²) < 4.78 is 68.0. The molecular formula is C32H24ClF3N2O5S2. The molecule has 0 aliphatic carbocycles. The van der Waals surface area contributed by atoms with Gasteiger partial charge in [0.25, 0.3) is 0 Å². The summed E-state index contributed by atoms with van der Waals surface area (Å²) in [6.45, 7) is 2.53. The highest BCUT2D eigenvalue weighted by atomic mass is 35.5. The molecule has 0 amide bonds. The molecule has 45 heavy (non-hydrogen) atoms. The second-order valence-corrected chi connectivity index (χ2v) is 12.9. The van der Waals surface area contributed by atoms with Crippen molar-refractivity contribution in [1.29, 1.82) is 0 Å². The summed E-state index contributed by atoms with van der Waals surface area (Å²) >= 11 is 7.18. The van der Waals surface area contributed by atoms with Crippen molar-refractivity contribution in [2.45, 2.75) is 30.3 Å². The molecule has 0 fully saturated rings. The van der Waals surface area contributed by atoms with Gasteiger partial charge in [-0.15, -0.1) is 11.8 Å². The summed E-state index contributed by atoms with van der Waals surface area (Å²) in [6.07, 6.45) is -0.204. The molecule has 13 heteroatoms. The van der Waals surface area contributed by atoms with Crippen LogP contribution >= 0.6 is 23.4 Å². The Balaban J connectivity index is 1.52. The smallest absolute Gasteiger partial charge is 0.341 e. The molecule has 1 heterocycles. The van der Waals surface area contributed by atoms with Crippen LogP contribution in [0.3, 0.4) is 0 Å². The number of carbonyl (C=O) groups excluding carboxylic acids is 2. The van der Waals surface area contributed by atoms with Crippen LogP contribution in [0.5, 0.6) is 0 Å². The van der Waals surface area contributed by atoms with E-state index < -0.39 is 27.1 Å². The first-order valence-electron chi connectivity index (χ1n) is 13.5. The molecule has 5 rings (SSSR count). The van der Waals surface area contributed by atoms with Gasteiger partial charge in [0.05, 0.1) is 0 Å². The summed E-state index contributed by atoms with van der Waals surface area (Å²) in [4.78, 5) is 27.6. The quantitative estimate of drug-likeness (QED) is 0.0461. The monoisotopic (exact) mass is 672 g/mol. The fourth-order valence-electron chi connectivity index (χ4n) is 4.78. The molecule has 0 atom stereocenters. The number of halogens is 4. The molecule has 0 saturated heterocycles. The molecule has 1 aromatic heterocycles. The van der Waals surface area contributed by atoms with Gasteiger partial charge < -0.3 is 4.57 Å². The Hall–Kier alpha value is -4.13. The molecule has 5 aromatic rings. The van der Waals surface area contributed by atoms with E-state index in [0.717, 1.165) is 15.9 Å². The van der Waals surface area contributed by atoms with E-state index in [1.165, 1.54) is 17.8 Å². The van der Waals surface area contributed by atoms with Crippen LogP contribution in [0, 0.1) is 0 Å². The van der Waals surface area contributed by atoms with Crippen LogP contribution in [0.25, 0.3) is 21.8 Å². The predicted octanol–water partition coefficient (Wildman–Crippen LogP) is 8.29. The molecule has 0 N–H and O–H groups in total. The van der Waals surface area contributed by atoms with E-state index >= 15 is 0 Å². The van der Waals surface area contributed by atoms with Gasteiger partial charge in [-0.3, -0.25) is 13.9 Å². The Kier molecular flexibility index (Phi) is 9.38. The van der Waals surface area contributed by atoms with Gasteiger partial charge in [-0.1, -0.05) is 47.1 Å². The second-order valence-electron chi connectivity index (χ2n) is 9.80. The van der Waals surface area contributed by atoms with E-state index in [4.69, 9.17) is 11.6 Å². The van der Waals surface area contributed by atoms with Gasteiger partial charge in [-0.25, -0.2) is 0 Å². The van der Waals surface area contributed by atoms with Crippen LogP contribution in [-0.4, -0.2) is 41.5 Å². The number of hydrogen-bond donors (Lipinski definition) is 0. The number of thioether (sulfide) groups is 1. The van der Waals surface area contributed by atoms with Gasteiger partial charge in [0.2, 0.25) is 5.78 Å². The minimum absolute atomic E-state index is 0.0562. The van der Waals surface area contributed by atoms with E-state index in [9.17, 15) is 31.2 Å². The van der Waals surface area contributed by atoms with E-state index in [1.807, 2.05) is 23.6 Å². The van der Waals surface area contributed by atoms with Crippen molar-refractivity contribution in [3.63, 3.8) is 0 Å². The first kappa shape index (κ1) is 32.3. The summed E-state index contributed by atoms with van der Waals surface area (Å²) in [7, 11) is -6.09. The standard InChI is InChI=1S/C32H24ClF3N2O5S2/c1-2-38-28-14-8-21(30(39)20-6-4-3-5-7-20)18-25(28)26-19-22(9-15-29(26)38)31(40)27(37-43-45(41,42)32(34,35)36)16-17-44-24-12-10-23(33)11-13-24/h3-15,18-19H,2,16-17H2,1H3. The summed E-state index contributed by atoms with van der Waals surface area (Å²) in [5, 5.41) is 5.02. The van der Waals surface area contributed by atoms with Crippen LogP contribution < -0.4 is 0 Å². The predicted molar refractivity (Wildman–Crippen MR) is 170 cm³/mol. The lowest BCUT2D eigenvalue weighted by Crippen LogP contribution is -2.25. The normalized spacial score (nSPS) is 12.5. The molecule has 0 saturated carbocycles. The number of Topliss-reactive ketones (excluding diaryl/α,β-unsaturated/α-hetero) is 1. The lowest BCUT2D eigenvalue weighted by Gasteiger charge is -2.09. The third-order valence-electron chi connectivity index (χ3n) is 6.95. The van der Waals surface area contributed by atoms with E-state index in [-0.39, 0.29) is 23.5 Å². The van der Waals surface area contributed by atoms with Crippen molar-refractivity contribution in [3.05, 3.63) is 113 Å². The van der Waals surface area contributed by atoms with Crippen molar-refractivity contribution in [2.75, 3.05) is 5.75 Å². The number of rotatable bonds is 11. The third kappa shape index (κ3) is 6.92. The zero-order valence-corrected chi connectivity index (χ0v) is 25.9. The second kappa shape index (κ2) is 13.1. The molecule has 0 bridgehead atoms. The molecule has 0 radical (unpaired) electrons. The number of aromatic nitrogens is 1. The van der Waals surface area contributed by atoms with Crippen molar-refractivity contribution in [3.8, 4) is 0 Å². The Labute approximate surface area is 265 Å². The van der Waals surface area contributed by atoms with Gasteiger partial charge in [-0.05, 0) is 67.6 Å². The number of hydrogen-bond acceptors (Lipinski definition) is 7. The zero-order valence-electron chi connectivity index (χ0n) is 23.5. The number of alkyl halides is 3. The van der Waals surface area contributed by atoms with Crippen molar-refractivity contribution in [1.82, 2.24) is 4.57 Å². The minimum Gasteiger partial charge on any atom is -0.341 e. The number of benzene rings is 4. The number of carbonyl (C=O) groups is 2. The zero-order chi connectivity index (χ0) is 32.4. The molecule has 0 unspecified atom stereocenters. The number of aryl methyl sites for hydroxylation is 1. The summed E-state index contributed by atoms with van der Waals surface area (Å²) in [6, 6.07) is 25.6. The van der Waals surface area contributed by atoms with Crippen LogP contribution in [0.4, 0.5) is 13.2 Å². The SMILES string of the molecule is CCn1c2ccc(C(=O)C(CCSc3ccc(Cl)cc3)=NOS(=O)(=O)C(F)(F)F)cc2c2cc(C(=O)c3ccccc3)ccc21. The lowest BCUT2D eigenvalue weighted by molar-refractivity contribution is -0.0541. The molecule has 0 aliphatic heterocycles. The van der Waals surface area contributed by atoms with Crippen molar-refractivity contribution < 1.29 is 35.5 Å². The van der Waals surface area contributed by atoms with Crippen LogP contribution in [-0.2, 0) is 20.9 Å². The highest BCUT2D eigenvalue weighted by Crippen LogP contribution is 2.32. The van der Waals surface area contributed by atoms with E-state index in [1.54, 1.807) is 72.8 Å². The number of nitrogens with zero attached hydrogens (tertiary/aromatic N) is 2. The van der Waals surface area contributed by atoms with E-state index in [0.29, 0.717) is 33.5 Å². The maximum atomic E-state index is 13.6. The van der Waals surface area contributed by atoms with Gasteiger partial charge >= 0.3 is 15.6 Å². The van der Waals surface area contributed by atoms with Crippen molar-refractivity contribution >= 4 is 72.6 Å². The van der Waals surface area contributed by atoms with Gasteiger partial charge in [0.1, 0.15) is 5.71 Å². The molecule has 7 nitrogen and oxygen atoms in total. The Morgan fingerprint density at radius 2 is 1.47 bits per heavy atom. The highest BCUT2D eigenvalue weighted by Gasteiger charge is 2.49. The third-order valence-corrected chi connectivity index (χ3v) is 9.06. The fourth-order valence-corrected chi connectivity index (χ4v) is 6.04. The first-order valence-corrected chi connectivity index (χ1v) is 16.3. The van der Waals surface area contributed by atoms with Gasteiger partial charge in [0, 0.05) is 67.1 Å². The summed E-state index contributed by atoms with van der Waals surface area (Å²) in [5.74, 6) is -0.818. The summed E-state index contributed by atoms with van der Waals surface area (Å²) in [5.41, 5.74) is -3.65. The topological polar surface area (TPSA) is 94.8 Å². The Morgan fingerprint density at radius 1 is 0.867 bits per heavy atom. The fraction of sp³-hybridized carbons (Fsp3) is 0.156. The molecule has 4 aromatic carbocycles. The molecule has 0 aliphatic rings. The average molecular weight is 673 g/mol. The Bertz CT molecular complexity index is 2040. The van der Waals surface area contributed by atoms with Gasteiger partial charge in [0.15, 0.2) is 5.78 Å². The number of fused-ring (bicyclic) bond motifs is 3. The van der Waals surface area contributed by atoms with E-state index in [2.05, 4.69) is 9.44 Å². The molecule has 0 spiro atoms. The van der Waals surface area contributed by atoms with Gasteiger partial charge in [-0.2, -0.15) is 21.6 Å². The lowest BCUT2D eigenvalue weighted by atomic mass is 9.99. The van der Waals surface area contributed by atoms with Crippen LogP contribution in [0.15, 0.2) is 101 Å². The first-order chi connectivity index (χ1) is 21.4. The number of oxime groups is 1. The Morgan fingerprint density at radius 3 is 2.07 bits per heavy atom. The van der Waals surface area contributed by atoms with Crippen LogP contribution in [0.2, 0.25) is 5.02 Å². The molecular weight excluding hydrogens is 649 g/mol. The maximum absolute atomic E-state index is 13.6. The molecule has 232 valence electrons. The van der Waals surface area contributed by atoms with Crippen LogP contribution in [0.1, 0.15) is 39.6 Å². The minimum atomic E-state index is -6.09. The highest BCUT2D eigenvalue weighted by molar-refractivity contribution is 7.99. The van der Waals surface area contributed by atoms with Crippen molar-refractivity contribution in [2.24, 2.45) is 5.16 Å².